The lowest BCUT2D eigenvalue weighted by Gasteiger charge is -2.38. The van der Waals surface area contributed by atoms with E-state index in [1.807, 2.05) is 21.6 Å². The average molecular weight is 271 g/mol. The molecule has 1 atom stereocenters. The Morgan fingerprint density at radius 3 is 2.21 bits per heavy atom. The number of piperazine rings is 1. The van der Waals surface area contributed by atoms with E-state index in [9.17, 15) is 9.59 Å². The molecule has 1 unspecified atom stereocenters. The largest absolute Gasteiger partial charge is 0.480 e. The molecular weight excluding hydrogens is 246 g/mol. The van der Waals surface area contributed by atoms with Crippen LogP contribution in [0.3, 0.4) is 0 Å². The first-order valence-corrected chi connectivity index (χ1v) is 6.99. The molecule has 19 heavy (non-hydrogen) atoms. The summed E-state index contributed by atoms with van der Waals surface area (Å²) in [6, 6.07) is 0.321. The van der Waals surface area contributed by atoms with Crippen LogP contribution in [-0.4, -0.2) is 77.1 Å². The molecule has 0 aromatic carbocycles. The van der Waals surface area contributed by atoms with Crippen LogP contribution in [0.5, 0.6) is 0 Å². The standard InChI is InChI=1S/C13H25N3O3/c1-4-11(3)16(5-2)13(19)15-8-6-14(7-9-15)10-12(17)18/h11H,4-10H2,1-3H3,(H,17,18). The van der Waals surface area contributed by atoms with Crippen molar-refractivity contribution in [1.29, 1.82) is 0 Å². The minimum absolute atomic E-state index is 0.0604. The highest BCUT2D eigenvalue weighted by Crippen LogP contribution is 2.10. The van der Waals surface area contributed by atoms with Gasteiger partial charge in [0, 0.05) is 38.8 Å². The summed E-state index contributed by atoms with van der Waals surface area (Å²) in [6.45, 7) is 9.39. The Labute approximate surface area is 115 Å². The summed E-state index contributed by atoms with van der Waals surface area (Å²) in [5, 5.41) is 8.74. The molecule has 1 fully saturated rings. The molecule has 0 aliphatic carbocycles. The van der Waals surface area contributed by atoms with Gasteiger partial charge in [0.05, 0.1) is 6.54 Å². The summed E-state index contributed by atoms with van der Waals surface area (Å²) >= 11 is 0. The highest BCUT2D eigenvalue weighted by molar-refractivity contribution is 5.75. The van der Waals surface area contributed by atoms with Crippen LogP contribution in [0.15, 0.2) is 0 Å². The first-order chi connectivity index (χ1) is 8.99. The monoisotopic (exact) mass is 271 g/mol. The lowest BCUT2D eigenvalue weighted by Crippen LogP contribution is -2.55. The SMILES string of the molecule is CCC(C)N(CC)C(=O)N1CCN(CC(=O)O)CC1. The van der Waals surface area contributed by atoms with Crippen LogP contribution in [0.4, 0.5) is 4.79 Å². The molecule has 0 aromatic heterocycles. The van der Waals surface area contributed by atoms with E-state index in [0.717, 1.165) is 6.42 Å². The number of nitrogens with zero attached hydrogens (tertiary/aromatic N) is 3. The minimum atomic E-state index is -0.811. The Hall–Kier alpha value is -1.30. The van der Waals surface area contributed by atoms with Crippen molar-refractivity contribution in [3.63, 3.8) is 0 Å². The predicted molar refractivity (Wildman–Crippen MR) is 73.2 cm³/mol. The second kappa shape index (κ2) is 7.33. The third kappa shape index (κ3) is 4.38. The zero-order valence-corrected chi connectivity index (χ0v) is 12.1. The van der Waals surface area contributed by atoms with Crippen molar-refractivity contribution in [3.8, 4) is 0 Å². The quantitative estimate of drug-likeness (QED) is 0.808. The van der Waals surface area contributed by atoms with E-state index >= 15 is 0 Å². The molecule has 0 aromatic rings. The smallest absolute Gasteiger partial charge is 0.320 e. The molecule has 1 N–H and O–H groups in total. The average Bonchev–Trinajstić information content (AvgIpc) is 2.39. The molecule has 0 spiro atoms. The lowest BCUT2D eigenvalue weighted by molar-refractivity contribution is -0.138. The van der Waals surface area contributed by atoms with E-state index in [2.05, 4.69) is 13.8 Å². The van der Waals surface area contributed by atoms with Gasteiger partial charge in [0.25, 0.3) is 0 Å². The zero-order chi connectivity index (χ0) is 14.4. The van der Waals surface area contributed by atoms with Gasteiger partial charge in [-0.05, 0) is 20.3 Å². The Morgan fingerprint density at radius 2 is 1.79 bits per heavy atom. The van der Waals surface area contributed by atoms with Gasteiger partial charge >= 0.3 is 12.0 Å². The molecule has 1 aliphatic rings. The molecule has 1 saturated heterocycles. The highest BCUT2D eigenvalue weighted by Gasteiger charge is 2.26. The summed E-state index contributed by atoms with van der Waals surface area (Å²) in [5.74, 6) is -0.811. The Bertz CT molecular complexity index is 314. The highest BCUT2D eigenvalue weighted by atomic mass is 16.4. The zero-order valence-electron chi connectivity index (χ0n) is 12.1. The van der Waals surface area contributed by atoms with Crippen LogP contribution in [0.1, 0.15) is 27.2 Å². The lowest BCUT2D eigenvalue weighted by atomic mass is 10.2. The molecule has 6 nitrogen and oxygen atoms in total. The topological polar surface area (TPSA) is 64.1 Å². The van der Waals surface area contributed by atoms with Crippen molar-refractivity contribution < 1.29 is 14.7 Å². The van der Waals surface area contributed by atoms with E-state index in [4.69, 9.17) is 5.11 Å². The number of hydrogen-bond donors (Lipinski definition) is 1. The number of rotatable bonds is 5. The molecule has 1 aliphatic heterocycles. The van der Waals surface area contributed by atoms with Crippen molar-refractivity contribution in [3.05, 3.63) is 0 Å². The summed E-state index contributed by atoms with van der Waals surface area (Å²) in [7, 11) is 0. The van der Waals surface area contributed by atoms with Crippen LogP contribution in [0.2, 0.25) is 0 Å². The summed E-state index contributed by atoms with van der Waals surface area (Å²) < 4.78 is 0. The molecule has 0 saturated carbocycles. The van der Waals surface area contributed by atoms with Gasteiger partial charge in [0.1, 0.15) is 0 Å². The Morgan fingerprint density at radius 1 is 1.21 bits per heavy atom. The van der Waals surface area contributed by atoms with Gasteiger partial charge in [-0.3, -0.25) is 9.69 Å². The van der Waals surface area contributed by atoms with E-state index in [-0.39, 0.29) is 18.6 Å². The van der Waals surface area contributed by atoms with Crippen LogP contribution in [0.25, 0.3) is 0 Å². The van der Waals surface area contributed by atoms with Gasteiger partial charge in [-0.25, -0.2) is 4.79 Å². The maximum absolute atomic E-state index is 12.4. The molecule has 110 valence electrons. The second-order valence-electron chi connectivity index (χ2n) is 4.98. The fourth-order valence-corrected chi connectivity index (χ4v) is 2.33. The molecule has 0 radical (unpaired) electrons. The van der Waals surface area contributed by atoms with Crippen LogP contribution in [-0.2, 0) is 4.79 Å². The summed E-state index contributed by atoms with van der Waals surface area (Å²) in [5.41, 5.74) is 0. The predicted octanol–water partition coefficient (Wildman–Crippen LogP) is 0.929. The number of amides is 2. The van der Waals surface area contributed by atoms with Gasteiger partial charge in [-0.1, -0.05) is 6.92 Å². The normalized spacial score (nSPS) is 18.2. The van der Waals surface area contributed by atoms with Crippen molar-refractivity contribution in [2.75, 3.05) is 39.3 Å². The molecule has 1 rings (SSSR count). The molecule has 0 bridgehead atoms. The van der Waals surface area contributed by atoms with Crippen molar-refractivity contribution >= 4 is 12.0 Å². The van der Waals surface area contributed by atoms with Crippen LogP contribution < -0.4 is 0 Å². The van der Waals surface area contributed by atoms with E-state index in [1.165, 1.54) is 0 Å². The maximum Gasteiger partial charge on any atom is 0.320 e. The van der Waals surface area contributed by atoms with Gasteiger partial charge < -0.3 is 14.9 Å². The van der Waals surface area contributed by atoms with E-state index < -0.39 is 5.97 Å². The van der Waals surface area contributed by atoms with E-state index in [1.54, 1.807) is 0 Å². The van der Waals surface area contributed by atoms with Crippen LogP contribution in [0, 0.1) is 0 Å². The fraction of sp³-hybridized carbons (Fsp3) is 0.846. The van der Waals surface area contributed by atoms with Gasteiger partial charge in [0.15, 0.2) is 0 Å². The molecular formula is C13H25N3O3. The minimum Gasteiger partial charge on any atom is -0.480 e. The summed E-state index contributed by atoms with van der Waals surface area (Å²) in [4.78, 5) is 28.6. The van der Waals surface area contributed by atoms with Crippen molar-refractivity contribution in [2.45, 2.75) is 33.2 Å². The number of carbonyl (C=O) groups excluding carboxylic acids is 1. The molecule has 1 heterocycles. The number of carbonyl (C=O) groups is 2. The van der Waals surface area contributed by atoms with Gasteiger partial charge in [-0.15, -0.1) is 0 Å². The third-order valence-electron chi connectivity index (χ3n) is 3.71. The number of hydrogen-bond acceptors (Lipinski definition) is 3. The Balaban J connectivity index is 2.49. The summed E-state index contributed by atoms with van der Waals surface area (Å²) in [6.07, 6.45) is 0.943. The number of aliphatic carboxylic acids is 1. The first kappa shape index (κ1) is 15.8. The number of urea groups is 1. The van der Waals surface area contributed by atoms with Crippen molar-refractivity contribution in [1.82, 2.24) is 14.7 Å². The van der Waals surface area contributed by atoms with Crippen molar-refractivity contribution in [2.24, 2.45) is 0 Å². The van der Waals surface area contributed by atoms with Gasteiger partial charge in [0.2, 0.25) is 0 Å². The second-order valence-corrected chi connectivity index (χ2v) is 4.98. The molecule has 6 heteroatoms. The maximum atomic E-state index is 12.4. The molecule has 2 amide bonds. The van der Waals surface area contributed by atoms with Gasteiger partial charge in [-0.2, -0.15) is 0 Å². The Kier molecular flexibility index (Phi) is 6.08. The van der Waals surface area contributed by atoms with Crippen LogP contribution >= 0.6 is 0 Å². The number of carboxylic acid groups (broad SMARTS) is 1. The number of carboxylic acids is 1. The van der Waals surface area contributed by atoms with E-state index in [0.29, 0.717) is 32.7 Å². The fourth-order valence-electron chi connectivity index (χ4n) is 2.33. The third-order valence-corrected chi connectivity index (χ3v) is 3.71. The first-order valence-electron chi connectivity index (χ1n) is 6.99.